The normalized spacial score (nSPS) is 24.9. The summed E-state index contributed by atoms with van der Waals surface area (Å²) in [5.41, 5.74) is 1.04. The molecule has 3 heteroatoms. The van der Waals surface area contributed by atoms with Crippen LogP contribution in [-0.4, -0.2) is 23.1 Å². The van der Waals surface area contributed by atoms with Gasteiger partial charge in [0.1, 0.15) is 5.44 Å². The molecule has 1 aliphatic heterocycles. The van der Waals surface area contributed by atoms with Crippen molar-refractivity contribution in [1.29, 1.82) is 0 Å². The van der Waals surface area contributed by atoms with E-state index >= 15 is 0 Å². The maximum Gasteiger partial charge on any atom is 0.119 e. The first-order valence-electron chi connectivity index (χ1n) is 5.47. The van der Waals surface area contributed by atoms with Crippen LogP contribution in [0.3, 0.4) is 0 Å². The van der Waals surface area contributed by atoms with Crippen LogP contribution < -0.4 is 5.32 Å². The Hall–Kier alpha value is -0.510. The average molecular weight is 223 g/mol. The summed E-state index contributed by atoms with van der Waals surface area (Å²) in [5.74, 6) is 0. The highest BCUT2D eigenvalue weighted by atomic mass is 32.2. The molecule has 0 aromatic heterocycles. The second kappa shape index (κ2) is 5.01. The summed E-state index contributed by atoms with van der Waals surface area (Å²) < 4.78 is 0. The third-order valence-electron chi connectivity index (χ3n) is 2.66. The molecule has 0 aliphatic carbocycles. The van der Waals surface area contributed by atoms with Crippen molar-refractivity contribution in [2.45, 2.75) is 36.1 Å². The number of thioether (sulfide) groups is 1. The number of hydrogen-bond donors (Lipinski definition) is 2. The third kappa shape index (κ3) is 2.54. The minimum atomic E-state index is -0.313. The van der Waals surface area contributed by atoms with Crippen LogP contribution in [0.2, 0.25) is 0 Å². The summed E-state index contributed by atoms with van der Waals surface area (Å²) in [5, 5.41) is 13.3. The quantitative estimate of drug-likeness (QED) is 0.822. The van der Waals surface area contributed by atoms with Gasteiger partial charge in [-0.3, -0.25) is 0 Å². The molecule has 0 bridgehead atoms. The molecule has 1 heterocycles. The first-order valence-corrected chi connectivity index (χ1v) is 6.35. The number of fused-ring (bicyclic) bond motifs is 1. The zero-order valence-corrected chi connectivity index (χ0v) is 9.76. The third-order valence-corrected chi connectivity index (χ3v) is 3.88. The second-order valence-corrected chi connectivity index (χ2v) is 5.04. The molecule has 0 amide bonds. The zero-order valence-electron chi connectivity index (χ0n) is 8.94. The van der Waals surface area contributed by atoms with Gasteiger partial charge >= 0.3 is 0 Å². The molecule has 1 aromatic carbocycles. The molecular weight excluding hydrogens is 206 g/mol. The fourth-order valence-corrected chi connectivity index (χ4v) is 2.92. The van der Waals surface area contributed by atoms with Gasteiger partial charge < -0.3 is 10.4 Å². The van der Waals surface area contributed by atoms with E-state index in [9.17, 15) is 5.11 Å². The van der Waals surface area contributed by atoms with Crippen molar-refractivity contribution in [1.82, 2.24) is 5.32 Å². The van der Waals surface area contributed by atoms with E-state index in [4.69, 9.17) is 0 Å². The molecule has 0 radical (unpaired) electrons. The number of aliphatic hydroxyl groups is 1. The lowest BCUT2D eigenvalue weighted by atomic mass is 10.1. The van der Waals surface area contributed by atoms with E-state index < -0.39 is 0 Å². The Bertz CT molecular complexity index is 329. The van der Waals surface area contributed by atoms with Crippen LogP contribution in [0.15, 0.2) is 29.2 Å². The average Bonchev–Trinajstić information content (AvgIpc) is 2.26. The fraction of sp³-hybridized carbons (Fsp3) is 0.500. The lowest BCUT2D eigenvalue weighted by molar-refractivity contribution is 0.205. The SMILES string of the molecule is CCCNC1Cc2ccccc2SC1O. The van der Waals surface area contributed by atoms with Crippen molar-refractivity contribution >= 4 is 11.8 Å². The van der Waals surface area contributed by atoms with Gasteiger partial charge in [0.15, 0.2) is 0 Å². The number of rotatable bonds is 3. The van der Waals surface area contributed by atoms with E-state index in [-0.39, 0.29) is 11.5 Å². The molecule has 2 atom stereocenters. The summed E-state index contributed by atoms with van der Waals surface area (Å²) >= 11 is 1.56. The van der Waals surface area contributed by atoms with E-state index in [1.165, 1.54) is 10.5 Å². The van der Waals surface area contributed by atoms with Crippen molar-refractivity contribution in [3.8, 4) is 0 Å². The Morgan fingerprint density at radius 2 is 2.27 bits per heavy atom. The van der Waals surface area contributed by atoms with Crippen LogP contribution in [-0.2, 0) is 6.42 Å². The molecule has 0 saturated carbocycles. The van der Waals surface area contributed by atoms with Gasteiger partial charge in [-0.25, -0.2) is 0 Å². The molecule has 0 saturated heterocycles. The molecule has 2 nitrogen and oxygen atoms in total. The largest absolute Gasteiger partial charge is 0.380 e. The first-order chi connectivity index (χ1) is 7.31. The van der Waals surface area contributed by atoms with E-state index in [2.05, 4.69) is 30.4 Å². The lowest BCUT2D eigenvalue weighted by Crippen LogP contribution is -2.42. The number of aliphatic hydroxyl groups excluding tert-OH is 1. The predicted molar refractivity (Wildman–Crippen MR) is 64.1 cm³/mol. The molecule has 2 unspecified atom stereocenters. The Morgan fingerprint density at radius 1 is 1.47 bits per heavy atom. The summed E-state index contributed by atoms with van der Waals surface area (Å²) in [4.78, 5) is 1.22. The van der Waals surface area contributed by atoms with Crippen LogP contribution in [0, 0.1) is 0 Å². The van der Waals surface area contributed by atoms with Crippen molar-refractivity contribution in [3.63, 3.8) is 0 Å². The Balaban J connectivity index is 2.08. The first kappa shape index (κ1) is 11.0. The summed E-state index contributed by atoms with van der Waals surface area (Å²) in [6, 6.07) is 8.52. The predicted octanol–water partition coefficient (Wildman–Crippen LogP) is 2.02. The molecule has 2 rings (SSSR count). The number of benzene rings is 1. The van der Waals surface area contributed by atoms with E-state index in [0.717, 1.165) is 19.4 Å². The molecular formula is C12H17NOS. The molecule has 1 aliphatic rings. The molecule has 0 spiro atoms. The molecule has 2 N–H and O–H groups in total. The lowest BCUT2D eigenvalue weighted by Gasteiger charge is -2.29. The Labute approximate surface area is 95.1 Å². The highest BCUT2D eigenvalue weighted by Crippen LogP contribution is 2.33. The van der Waals surface area contributed by atoms with E-state index in [1.54, 1.807) is 11.8 Å². The van der Waals surface area contributed by atoms with Crippen molar-refractivity contribution in [2.75, 3.05) is 6.54 Å². The summed E-state index contributed by atoms with van der Waals surface area (Å²) in [6.45, 7) is 3.12. The van der Waals surface area contributed by atoms with Gasteiger partial charge in [0.25, 0.3) is 0 Å². The van der Waals surface area contributed by atoms with Crippen LogP contribution in [0.4, 0.5) is 0 Å². The van der Waals surface area contributed by atoms with Crippen molar-refractivity contribution < 1.29 is 5.11 Å². The van der Waals surface area contributed by atoms with Gasteiger partial charge in [-0.05, 0) is 31.0 Å². The monoisotopic (exact) mass is 223 g/mol. The standard InChI is InChI=1S/C12H17NOS/c1-2-7-13-10-8-9-5-3-4-6-11(9)15-12(10)14/h3-6,10,12-14H,2,7-8H2,1H3. The highest BCUT2D eigenvalue weighted by Gasteiger charge is 2.26. The second-order valence-electron chi connectivity index (χ2n) is 3.88. The molecule has 82 valence electrons. The summed E-state index contributed by atoms with van der Waals surface area (Å²) in [6.07, 6.45) is 2.04. The zero-order chi connectivity index (χ0) is 10.7. The van der Waals surface area contributed by atoms with Gasteiger partial charge in [-0.2, -0.15) is 0 Å². The van der Waals surface area contributed by atoms with Crippen molar-refractivity contribution in [3.05, 3.63) is 29.8 Å². The van der Waals surface area contributed by atoms with E-state index in [1.807, 2.05) is 6.07 Å². The van der Waals surface area contributed by atoms with Gasteiger partial charge in [-0.15, -0.1) is 0 Å². The van der Waals surface area contributed by atoms with Gasteiger partial charge in [-0.1, -0.05) is 36.9 Å². The number of nitrogens with one attached hydrogen (secondary N) is 1. The van der Waals surface area contributed by atoms with Crippen LogP contribution in [0.5, 0.6) is 0 Å². The Morgan fingerprint density at radius 3 is 3.07 bits per heavy atom. The number of hydrogen-bond acceptors (Lipinski definition) is 3. The highest BCUT2D eigenvalue weighted by molar-refractivity contribution is 7.99. The van der Waals surface area contributed by atoms with Gasteiger partial charge in [0.2, 0.25) is 0 Å². The van der Waals surface area contributed by atoms with Gasteiger partial charge in [0.05, 0.1) is 0 Å². The van der Waals surface area contributed by atoms with Crippen LogP contribution >= 0.6 is 11.8 Å². The van der Waals surface area contributed by atoms with Crippen LogP contribution in [0.25, 0.3) is 0 Å². The molecule has 1 aromatic rings. The topological polar surface area (TPSA) is 32.3 Å². The fourth-order valence-electron chi connectivity index (χ4n) is 1.84. The maximum atomic E-state index is 9.94. The summed E-state index contributed by atoms with van der Waals surface area (Å²) in [7, 11) is 0. The smallest absolute Gasteiger partial charge is 0.119 e. The molecule has 0 fully saturated rings. The van der Waals surface area contributed by atoms with Crippen LogP contribution in [0.1, 0.15) is 18.9 Å². The molecule has 15 heavy (non-hydrogen) atoms. The minimum absolute atomic E-state index is 0.199. The maximum absolute atomic E-state index is 9.94. The minimum Gasteiger partial charge on any atom is -0.380 e. The van der Waals surface area contributed by atoms with E-state index in [0.29, 0.717) is 0 Å². The Kier molecular flexibility index (Phi) is 3.67. The van der Waals surface area contributed by atoms with Crippen molar-refractivity contribution in [2.24, 2.45) is 0 Å². The van der Waals surface area contributed by atoms with Gasteiger partial charge in [0, 0.05) is 10.9 Å².